The number of hydrogen-bond donors (Lipinski definition) is 3. The summed E-state index contributed by atoms with van der Waals surface area (Å²) in [5, 5.41) is 17.8. The van der Waals surface area contributed by atoms with Crippen LogP contribution in [-0.2, 0) is 0 Å². The minimum absolute atomic E-state index is 0.00903. The van der Waals surface area contributed by atoms with Crippen LogP contribution in [0.25, 0.3) is 0 Å². The summed E-state index contributed by atoms with van der Waals surface area (Å²) in [6.45, 7) is 0.524. The molecule has 6 nitrogen and oxygen atoms in total. The van der Waals surface area contributed by atoms with Gasteiger partial charge in [0.2, 0.25) is 5.95 Å². The van der Waals surface area contributed by atoms with Crippen molar-refractivity contribution < 1.29 is 10.3 Å². The maximum Gasteiger partial charge on any atom is 0.236 e. The lowest BCUT2D eigenvalue weighted by Crippen LogP contribution is -2.22. The average molecular weight is 184 g/mol. The number of anilines is 1. The summed E-state index contributed by atoms with van der Waals surface area (Å²) in [5.74, 6) is -0.00903. The summed E-state index contributed by atoms with van der Waals surface area (Å²) >= 11 is 0. The molecule has 0 fully saturated rings. The Bertz CT molecular complexity index is 334. The molecule has 0 aliphatic rings. The van der Waals surface area contributed by atoms with Crippen molar-refractivity contribution in [2.75, 3.05) is 18.9 Å². The smallest absolute Gasteiger partial charge is 0.236 e. The van der Waals surface area contributed by atoms with Crippen LogP contribution in [0.5, 0.6) is 0 Å². The summed E-state index contributed by atoms with van der Waals surface area (Å²) in [6, 6.07) is 1.54. The van der Waals surface area contributed by atoms with Crippen LogP contribution in [-0.4, -0.2) is 33.2 Å². The van der Waals surface area contributed by atoms with E-state index in [0.717, 1.165) is 0 Å². The SMILES string of the molecule is Nc1nccc(=NCCCO)n1O. The third-order valence-corrected chi connectivity index (χ3v) is 1.45. The normalized spacial score (nSPS) is 11.9. The quantitative estimate of drug-likeness (QED) is 0.414. The largest absolute Gasteiger partial charge is 0.423 e. The number of nitrogens with two attached hydrogens (primary N) is 1. The maximum atomic E-state index is 9.27. The van der Waals surface area contributed by atoms with Crippen LogP contribution in [0, 0.1) is 0 Å². The minimum Gasteiger partial charge on any atom is -0.423 e. The van der Waals surface area contributed by atoms with Gasteiger partial charge in [0, 0.05) is 25.4 Å². The molecule has 0 spiro atoms. The molecule has 0 amide bonds. The molecule has 0 bridgehead atoms. The van der Waals surface area contributed by atoms with E-state index in [4.69, 9.17) is 10.8 Å². The van der Waals surface area contributed by atoms with Gasteiger partial charge in [-0.2, -0.15) is 0 Å². The van der Waals surface area contributed by atoms with Gasteiger partial charge in [-0.3, -0.25) is 4.99 Å². The van der Waals surface area contributed by atoms with Crippen molar-refractivity contribution in [1.29, 1.82) is 0 Å². The van der Waals surface area contributed by atoms with Gasteiger partial charge in [0.25, 0.3) is 0 Å². The molecule has 0 aliphatic carbocycles. The predicted octanol–water partition coefficient (Wildman–Crippen LogP) is -1.01. The summed E-state index contributed by atoms with van der Waals surface area (Å²) in [6.07, 6.45) is 2.02. The second-order valence-corrected chi connectivity index (χ2v) is 2.43. The van der Waals surface area contributed by atoms with Crippen LogP contribution in [0.2, 0.25) is 0 Å². The molecule has 4 N–H and O–H groups in total. The van der Waals surface area contributed by atoms with Gasteiger partial charge in [0.05, 0.1) is 0 Å². The number of nitrogens with zero attached hydrogens (tertiary/aromatic N) is 3. The Morgan fingerprint density at radius 1 is 1.62 bits per heavy atom. The Morgan fingerprint density at radius 3 is 3.08 bits per heavy atom. The second-order valence-electron chi connectivity index (χ2n) is 2.43. The number of aliphatic hydroxyl groups excluding tert-OH is 1. The zero-order valence-electron chi connectivity index (χ0n) is 7.09. The Kier molecular flexibility index (Phi) is 3.27. The van der Waals surface area contributed by atoms with Gasteiger partial charge < -0.3 is 16.0 Å². The first-order valence-electron chi connectivity index (χ1n) is 3.90. The van der Waals surface area contributed by atoms with Crippen molar-refractivity contribution in [3.05, 3.63) is 17.8 Å². The Labute approximate surface area is 75.0 Å². The van der Waals surface area contributed by atoms with Crippen LogP contribution in [0.4, 0.5) is 5.95 Å². The van der Waals surface area contributed by atoms with Gasteiger partial charge in [0.1, 0.15) is 0 Å². The Hall–Kier alpha value is -1.56. The van der Waals surface area contributed by atoms with E-state index in [1.54, 1.807) is 0 Å². The third kappa shape index (κ3) is 2.45. The van der Waals surface area contributed by atoms with E-state index in [2.05, 4.69) is 9.98 Å². The van der Waals surface area contributed by atoms with Gasteiger partial charge in [-0.15, -0.1) is 4.73 Å². The van der Waals surface area contributed by atoms with Crippen LogP contribution in [0.15, 0.2) is 17.3 Å². The first-order valence-corrected chi connectivity index (χ1v) is 3.90. The van der Waals surface area contributed by atoms with Crippen LogP contribution in [0.3, 0.4) is 0 Å². The molecule has 0 saturated carbocycles. The Balaban J connectivity index is 2.87. The highest BCUT2D eigenvalue weighted by molar-refractivity contribution is 5.13. The van der Waals surface area contributed by atoms with Crippen molar-refractivity contribution >= 4 is 5.95 Å². The standard InChI is InChI=1S/C7H12N4O2/c8-7-10-4-2-6(11(7)13)9-3-1-5-12/h2,4,12-13H,1,3,5H2,(H2,8,10). The lowest BCUT2D eigenvalue weighted by molar-refractivity contribution is 0.174. The molecule has 1 aromatic heterocycles. The Morgan fingerprint density at radius 2 is 2.38 bits per heavy atom. The van der Waals surface area contributed by atoms with Crippen LogP contribution in [0.1, 0.15) is 6.42 Å². The van der Waals surface area contributed by atoms with Crippen LogP contribution < -0.4 is 11.2 Å². The van der Waals surface area contributed by atoms with Crippen molar-refractivity contribution in [3.63, 3.8) is 0 Å². The fraction of sp³-hybridized carbons (Fsp3) is 0.429. The van der Waals surface area contributed by atoms with E-state index < -0.39 is 0 Å². The third-order valence-electron chi connectivity index (χ3n) is 1.45. The number of rotatable bonds is 3. The van der Waals surface area contributed by atoms with Crippen LogP contribution >= 0.6 is 0 Å². The highest BCUT2D eigenvalue weighted by atomic mass is 16.5. The first kappa shape index (κ1) is 9.53. The summed E-state index contributed by atoms with van der Waals surface area (Å²) in [7, 11) is 0. The molecule has 0 aliphatic heterocycles. The maximum absolute atomic E-state index is 9.27. The summed E-state index contributed by atoms with van der Waals surface area (Å²) in [5.41, 5.74) is 5.65. The lowest BCUT2D eigenvalue weighted by Gasteiger charge is -2.00. The van der Waals surface area contributed by atoms with E-state index >= 15 is 0 Å². The first-order chi connectivity index (χ1) is 6.25. The zero-order chi connectivity index (χ0) is 9.68. The molecule has 1 heterocycles. The summed E-state index contributed by atoms with van der Waals surface area (Å²) in [4.78, 5) is 7.64. The zero-order valence-corrected chi connectivity index (χ0v) is 7.09. The number of hydrogen-bond acceptors (Lipinski definition) is 5. The molecule has 0 atom stereocenters. The van der Waals surface area contributed by atoms with Crippen molar-refractivity contribution in [2.45, 2.75) is 6.42 Å². The van der Waals surface area contributed by atoms with E-state index in [0.29, 0.717) is 23.2 Å². The van der Waals surface area contributed by atoms with E-state index in [1.807, 2.05) is 0 Å². The average Bonchev–Trinajstić information content (AvgIpc) is 2.13. The van der Waals surface area contributed by atoms with Gasteiger partial charge in [-0.1, -0.05) is 0 Å². The van der Waals surface area contributed by atoms with Crippen molar-refractivity contribution in [2.24, 2.45) is 4.99 Å². The molecule has 0 unspecified atom stereocenters. The molecule has 0 radical (unpaired) electrons. The highest BCUT2D eigenvalue weighted by Gasteiger charge is 1.94. The molecule has 0 aromatic carbocycles. The van der Waals surface area contributed by atoms with E-state index in [1.165, 1.54) is 12.3 Å². The molecular weight excluding hydrogens is 172 g/mol. The molecule has 1 aromatic rings. The number of aromatic nitrogens is 2. The molecule has 6 heteroatoms. The molecule has 1 rings (SSSR count). The lowest BCUT2D eigenvalue weighted by atomic mass is 10.5. The minimum atomic E-state index is -0.00903. The topological polar surface area (TPSA) is 96.7 Å². The number of nitrogen functional groups attached to an aromatic ring is 1. The van der Waals surface area contributed by atoms with Crippen molar-refractivity contribution in [1.82, 2.24) is 9.71 Å². The fourth-order valence-corrected chi connectivity index (χ4v) is 0.807. The summed E-state index contributed by atoms with van der Waals surface area (Å²) < 4.78 is 0.706. The molecular formula is C7H12N4O2. The predicted molar refractivity (Wildman–Crippen MR) is 46.0 cm³/mol. The second kappa shape index (κ2) is 4.46. The van der Waals surface area contributed by atoms with Crippen molar-refractivity contribution in [3.8, 4) is 0 Å². The monoisotopic (exact) mass is 184 g/mol. The van der Waals surface area contributed by atoms with Gasteiger partial charge in [-0.05, 0) is 6.42 Å². The van der Waals surface area contributed by atoms with Gasteiger partial charge in [0.15, 0.2) is 5.49 Å². The highest BCUT2D eigenvalue weighted by Crippen LogP contribution is 1.86. The molecule has 72 valence electrons. The van der Waals surface area contributed by atoms with Gasteiger partial charge >= 0.3 is 0 Å². The van der Waals surface area contributed by atoms with E-state index in [-0.39, 0.29) is 12.6 Å². The number of aliphatic hydroxyl groups is 1. The fourth-order valence-electron chi connectivity index (χ4n) is 0.807. The molecule has 13 heavy (non-hydrogen) atoms. The van der Waals surface area contributed by atoms with E-state index in [9.17, 15) is 5.21 Å². The molecule has 0 saturated heterocycles. The van der Waals surface area contributed by atoms with Gasteiger partial charge in [-0.25, -0.2) is 4.98 Å².